The average molecular weight is 248 g/mol. The number of hydrogen-bond acceptors (Lipinski definition) is 3. The summed E-state index contributed by atoms with van der Waals surface area (Å²) in [6, 6.07) is 0. The molecule has 1 heterocycles. The van der Waals surface area contributed by atoms with Gasteiger partial charge in [-0.25, -0.2) is 14.8 Å². The molecular weight excluding hydrogens is 228 g/mol. The van der Waals surface area contributed by atoms with E-state index in [4.69, 9.17) is 5.11 Å². The summed E-state index contributed by atoms with van der Waals surface area (Å²) >= 11 is 0. The highest BCUT2D eigenvalue weighted by Crippen LogP contribution is 2.41. The Morgan fingerprint density at radius 1 is 1.39 bits per heavy atom. The second-order valence-corrected chi connectivity index (χ2v) is 5.97. The summed E-state index contributed by atoms with van der Waals surface area (Å²) in [6.45, 7) is 6.33. The van der Waals surface area contributed by atoms with Crippen molar-refractivity contribution in [2.45, 2.75) is 52.4 Å². The first-order chi connectivity index (χ1) is 8.39. The van der Waals surface area contributed by atoms with Gasteiger partial charge < -0.3 is 5.11 Å². The number of rotatable bonds is 2. The van der Waals surface area contributed by atoms with E-state index in [0.717, 1.165) is 18.7 Å². The Kier molecular flexibility index (Phi) is 3.37. The first kappa shape index (κ1) is 13.0. The third-order valence-corrected chi connectivity index (χ3v) is 3.93. The lowest BCUT2D eigenvalue weighted by Crippen LogP contribution is -2.21. The molecule has 0 atom stereocenters. The second kappa shape index (κ2) is 4.67. The third-order valence-electron chi connectivity index (χ3n) is 3.93. The molecule has 1 aliphatic carbocycles. The van der Waals surface area contributed by atoms with Gasteiger partial charge in [0.05, 0.1) is 11.3 Å². The predicted molar refractivity (Wildman–Crippen MR) is 68.7 cm³/mol. The predicted octanol–water partition coefficient (Wildman–Crippen LogP) is 3.17. The molecule has 0 saturated heterocycles. The number of aromatic nitrogens is 2. The number of hydrogen-bond donors (Lipinski definition) is 1. The van der Waals surface area contributed by atoms with Gasteiger partial charge in [-0.15, -0.1) is 0 Å². The van der Waals surface area contributed by atoms with Crippen molar-refractivity contribution in [2.75, 3.05) is 0 Å². The van der Waals surface area contributed by atoms with Crippen molar-refractivity contribution in [3.63, 3.8) is 0 Å². The molecule has 1 aliphatic rings. The molecule has 4 nitrogen and oxygen atoms in total. The van der Waals surface area contributed by atoms with Gasteiger partial charge in [-0.05, 0) is 38.0 Å². The largest absolute Gasteiger partial charge is 0.478 e. The molecule has 2 rings (SSSR count). The van der Waals surface area contributed by atoms with Gasteiger partial charge in [0.25, 0.3) is 0 Å². The summed E-state index contributed by atoms with van der Waals surface area (Å²) in [5.41, 5.74) is 1.19. The Balaban J connectivity index is 2.16. The Morgan fingerprint density at radius 2 is 2.00 bits per heavy atom. The van der Waals surface area contributed by atoms with Crippen molar-refractivity contribution >= 4 is 5.97 Å². The minimum absolute atomic E-state index is 0.204. The van der Waals surface area contributed by atoms with Gasteiger partial charge in [-0.1, -0.05) is 13.8 Å². The summed E-state index contributed by atoms with van der Waals surface area (Å²) in [5, 5.41) is 8.96. The van der Waals surface area contributed by atoms with E-state index < -0.39 is 5.97 Å². The first-order valence-corrected chi connectivity index (χ1v) is 6.46. The van der Waals surface area contributed by atoms with Gasteiger partial charge >= 0.3 is 5.97 Å². The van der Waals surface area contributed by atoms with Gasteiger partial charge in [0.1, 0.15) is 5.82 Å². The highest BCUT2D eigenvalue weighted by Gasteiger charge is 2.29. The van der Waals surface area contributed by atoms with Crippen LogP contribution in [0.1, 0.15) is 67.3 Å². The van der Waals surface area contributed by atoms with Gasteiger partial charge in [-0.2, -0.15) is 0 Å². The van der Waals surface area contributed by atoms with Crippen LogP contribution in [0.2, 0.25) is 0 Å². The van der Waals surface area contributed by atoms with E-state index in [1.165, 1.54) is 19.0 Å². The molecule has 0 aliphatic heterocycles. The number of aryl methyl sites for hydroxylation is 1. The van der Waals surface area contributed by atoms with Gasteiger partial charge in [-0.3, -0.25) is 0 Å². The normalized spacial score (nSPS) is 19.7. The lowest BCUT2D eigenvalue weighted by atomic mass is 9.73. The number of nitrogens with zero attached hydrogens (tertiary/aromatic N) is 2. The molecule has 1 saturated carbocycles. The molecular formula is C14H20N2O2. The van der Waals surface area contributed by atoms with Crippen LogP contribution in [0.5, 0.6) is 0 Å². The molecule has 1 aromatic rings. The maximum Gasteiger partial charge on any atom is 0.339 e. The molecule has 0 unspecified atom stereocenters. The average Bonchev–Trinajstić information content (AvgIpc) is 2.28. The maximum absolute atomic E-state index is 10.9. The van der Waals surface area contributed by atoms with Crippen molar-refractivity contribution in [2.24, 2.45) is 5.41 Å². The van der Waals surface area contributed by atoms with Crippen molar-refractivity contribution in [3.05, 3.63) is 23.3 Å². The molecule has 1 aromatic heterocycles. The molecule has 98 valence electrons. The highest BCUT2D eigenvalue weighted by atomic mass is 16.4. The number of carboxylic acid groups (broad SMARTS) is 1. The van der Waals surface area contributed by atoms with E-state index in [-0.39, 0.29) is 5.56 Å². The molecule has 0 bridgehead atoms. The Labute approximate surface area is 107 Å². The molecule has 0 spiro atoms. The van der Waals surface area contributed by atoms with E-state index in [9.17, 15) is 4.79 Å². The summed E-state index contributed by atoms with van der Waals surface area (Å²) < 4.78 is 0. The van der Waals surface area contributed by atoms with E-state index in [0.29, 0.717) is 17.0 Å². The quantitative estimate of drug-likeness (QED) is 0.873. The van der Waals surface area contributed by atoms with Gasteiger partial charge in [0, 0.05) is 12.1 Å². The molecule has 4 heteroatoms. The molecule has 1 fully saturated rings. The van der Waals surface area contributed by atoms with Crippen LogP contribution in [0.4, 0.5) is 0 Å². The fourth-order valence-electron chi connectivity index (χ4n) is 2.55. The summed E-state index contributed by atoms with van der Waals surface area (Å²) in [5.74, 6) is 0.247. The molecule has 0 radical (unpaired) electrons. The van der Waals surface area contributed by atoms with Crippen LogP contribution in [-0.2, 0) is 0 Å². The second-order valence-electron chi connectivity index (χ2n) is 5.97. The number of carbonyl (C=O) groups is 1. The lowest BCUT2D eigenvalue weighted by Gasteiger charge is -2.33. The molecule has 0 aromatic carbocycles. The summed E-state index contributed by atoms with van der Waals surface area (Å²) in [7, 11) is 0. The molecule has 0 amide bonds. The van der Waals surface area contributed by atoms with Gasteiger partial charge in [0.2, 0.25) is 0 Å². The van der Waals surface area contributed by atoms with Crippen molar-refractivity contribution in [3.8, 4) is 0 Å². The van der Waals surface area contributed by atoms with Crippen molar-refractivity contribution in [1.82, 2.24) is 9.97 Å². The lowest BCUT2D eigenvalue weighted by molar-refractivity contribution is 0.0695. The van der Waals surface area contributed by atoms with E-state index >= 15 is 0 Å². The summed E-state index contributed by atoms with van der Waals surface area (Å²) in [4.78, 5) is 19.5. The number of carboxylic acids is 1. The summed E-state index contributed by atoms with van der Waals surface area (Å²) in [6.07, 6.45) is 6.00. The zero-order valence-corrected chi connectivity index (χ0v) is 11.2. The van der Waals surface area contributed by atoms with Crippen LogP contribution in [0.25, 0.3) is 0 Å². The highest BCUT2D eigenvalue weighted by molar-refractivity contribution is 5.88. The maximum atomic E-state index is 10.9. The first-order valence-electron chi connectivity index (χ1n) is 6.46. The third kappa shape index (κ3) is 2.68. The van der Waals surface area contributed by atoms with Crippen LogP contribution in [0.15, 0.2) is 6.20 Å². The minimum atomic E-state index is -0.955. The minimum Gasteiger partial charge on any atom is -0.478 e. The fourth-order valence-corrected chi connectivity index (χ4v) is 2.55. The smallest absolute Gasteiger partial charge is 0.339 e. The number of aromatic carboxylic acids is 1. The topological polar surface area (TPSA) is 63.1 Å². The Hall–Kier alpha value is -1.45. The zero-order valence-electron chi connectivity index (χ0n) is 11.2. The zero-order chi connectivity index (χ0) is 13.3. The van der Waals surface area contributed by atoms with Crippen LogP contribution >= 0.6 is 0 Å². The SMILES string of the molecule is Cc1nc(C2CCC(C)(C)CC2)ncc1C(=O)O. The Morgan fingerprint density at radius 3 is 2.50 bits per heavy atom. The van der Waals surface area contributed by atoms with E-state index in [1.54, 1.807) is 6.92 Å². The molecule has 1 N–H and O–H groups in total. The van der Waals surface area contributed by atoms with Crippen LogP contribution in [0.3, 0.4) is 0 Å². The van der Waals surface area contributed by atoms with Crippen molar-refractivity contribution < 1.29 is 9.90 Å². The monoisotopic (exact) mass is 248 g/mol. The van der Waals surface area contributed by atoms with Crippen molar-refractivity contribution in [1.29, 1.82) is 0 Å². The van der Waals surface area contributed by atoms with Crippen LogP contribution < -0.4 is 0 Å². The van der Waals surface area contributed by atoms with Gasteiger partial charge in [0.15, 0.2) is 0 Å². The van der Waals surface area contributed by atoms with E-state index in [1.807, 2.05) is 0 Å². The van der Waals surface area contributed by atoms with Crippen LogP contribution in [-0.4, -0.2) is 21.0 Å². The Bertz CT molecular complexity index is 459. The van der Waals surface area contributed by atoms with E-state index in [2.05, 4.69) is 23.8 Å². The standard InChI is InChI=1S/C14H20N2O2/c1-9-11(13(17)18)8-15-12(16-9)10-4-6-14(2,3)7-5-10/h8,10H,4-7H2,1-3H3,(H,17,18). The molecule has 18 heavy (non-hydrogen) atoms. The fraction of sp³-hybridized carbons (Fsp3) is 0.643. The van der Waals surface area contributed by atoms with Crippen LogP contribution in [0, 0.1) is 12.3 Å².